The number of benzene rings is 1. The minimum absolute atomic E-state index is 0.0145. The molecule has 0 atom stereocenters. The summed E-state index contributed by atoms with van der Waals surface area (Å²) in [5.74, 6) is -0.709. The molecular formula is C22H20ClFN6O3. The molecule has 9 nitrogen and oxygen atoms in total. The maximum atomic E-state index is 14.3. The third-order valence-electron chi connectivity index (χ3n) is 5.01. The van der Waals surface area contributed by atoms with Crippen LogP contribution in [-0.2, 0) is 21.5 Å². The molecule has 0 radical (unpaired) electrons. The molecule has 3 aromatic heterocycles. The molecule has 33 heavy (non-hydrogen) atoms. The Morgan fingerprint density at radius 2 is 2.00 bits per heavy atom. The lowest BCUT2D eigenvalue weighted by Crippen LogP contribution is -2.33. The predicted octanol–water partition coefficient (Wildman–Crippen LogP) is 4.07. The van der Waals surface area contributed by atoms with Crippen molar-refractivity contribution >= 4 is 17.6 Å². The Labute approximate surface area is 193 Å². The summed E-state index contributed by atoms with van der Waals surface area (Å²) >= 11 is 6.22. The van der Waals surface area contributed by atoms with Crippen molar-refractivity contribution in [3.63, 3.8) is 0 Å². The van der Waals surface area contributed by atoms with Gasteiger partial charge in [-0.15, -0.1) is 10.2 Å². The van der Waals surface area contributed by atoms with Crippen LogP contribution in [0.25, 0.3) is 22.9 Å². The highest BCUT2D eigenvalue weighted by Gasteiger charge is 2.36. The van der Waals surface area contributed by atoms with Gasteiger partial charge in [0.15, 0.2) is 5.15 Å². The number of hydrogen-bond acceptors (Lipinski definition) is 8. The first kappa shape index (κ1) is 22.5. The third kappa shape index (κ3) is 4.47. The van der Waals surface area contributed by atoms with Crippen LogP contribution in [-0.4, -0.2) is 42.7 Å². The number of rotatable bonds is 7. The van der Waals surface area contributed by atoms with E-state index < -0.39 is 11.4 Å². The fourth-order valence-electron chi connectivity index (χ4n) is 3.21. The number of esters is 1. The van der Waals surface area contributed by atoms with Gasteiger partial charge in [-0.05, 0) is 32.9 Å². The number of nitrogens with zero attached hydrogens (tertiary/aromatic N) is 6. The quantitative estimate of drug-likeness (QED) is 0.372. The predicted molar refractivity (Wildman–Crippen MR) is 117 cm³/mol. The van der Waals surface area contributed by atoms with Gasteiger partial charge in [-0.25, -0.2) is 9.37 Å². The van der Waals surface area contributed by atoms with Crippen LogP contribution in [0.2, 0.25) is 5.15 Å². The number of ether oxygens (including phenoxy) is 1. The second-order valence-electron chi connectivity index (χ2n) is 7.67. The van der Waals surface area contributed by atoms with E-state index in [0.29, 0.717) is 22.6 Å². The topological polar surface area (TPSA) is 109 Å². The maximum Gasteiger partial charge on any atom is 0.317 e. The Bertz CT molecular complexity index is 1290. The average molecular weight is 471 g/mol. The molecule has 0 aliphatic rings. The third-order valence-corrected chi connectivity index (χ3v) is 5.27. The van der Waals surface area contributed by atoms with E-state index in [0.717, 1.165) is 0 Å². The normalized spacial score (nSPS) is 11.5. The van der Waals surface area contributed by atoms with E-state index in [1.54, 1.807) is 55.8 Å². The van der Waals surface area contributed by atoms with E-state index in [2.05, 4.69) is 25.4 Å². The number of halogens is 2. The smallest absolute Gasteiger partial charge is 0.317 e. The van der Waals surface area contributed by atoms with E-state index in [9.17, 15) is 9.18 Å². The number of carbonyl (C=O) groups is 1. The molecule has 0 spiro atoms. The standard InChI is InChI=1S/C22H20ClFN6O3/c1-4-32-21(31)22(2,3)18-19(23)26-27-20(25-18)16-11-17(15-9-10-33-29-15)30(28-16)12-13-7-5-6-8-14(13)24/h5-11H,4,12H2,1-3H3. The van der Waals surface area contributed by atoms with Gasteiger partial charge in [-0.2, -0.15) is 5.10 Å². The van der Waals surface area contributed by atoms with Gasteiger partial charge in [0.2, 0.25) is 5.82 Å². The molecule has 11 heteroatoms. The van der Waals surface area contributed by atoms with Crippen molar-refractivity contribution in [3.8, 4) is 22.9 Å². The summed E-state index contributed by atoms with van der Waals surface area (Å²) < 4.78 is 26.0. The van der Waals surface area contributed by atoms with Crippen molar-refractivity contribution in [1.82, 2.24) is 30.1 Å². The molecular weight excluding hydrogens is 451 g/mol. The number of carbonyl (C=O) groups excluding carboxylic acids is 1. The SMILES string of the molecule is CCOC(=O)C(C)(C)c1nc(-c2cc(-c3ccon3)n(Cc3ccccc3F)n2)nnc1Cl. The van der Waals surface area contributed by atoms with Gasteiger partial charge in [-0.1, -0.05) is 35.0 Å². The minimum Gasteiger partial charge on any atom is -0.465 e. The first-order chi connectivity index (χ1) is 15.8. The molecule has 4 rings (SSSR count). The lowest BCUT2D eigenvalue weighted by molar-refractivity contribution is -0.148. The van der Waals surface area contributed by atoms with Crippen molar-refractivity contribution in [2.75, 3.05) is 6.61 Å². The van der Waals surface area contributed by atoms with Gasteiger partial charge in [0.1, 0.15) is 28.9 Å². The van der Waals surface area contributed by atoms with Crippen LogP contribution in [0.3, 0.4) is 0 Å². The van der Waals surface area contributed by atoms with E-state index in [1.807, 2.05) is 0 Å². The average Bonchev–Trinajstić information content (AvgIpc) is 3.46. The molecule has 0 fully saturated rings. The molecule has 0 N–H and O–H groups in total. The molecule has 3 heterocycles. The van der Waals surface area contributed by atoms with Crippen molar-refractivity contribution in [2.45, 2.75) is 32.7 Å². The van der Waals surface area contributed by atoms with Crippen LogP contribution < -0.4 is 0 Å². The van der Waals surface area contributed by atoms with Crippen LogP contribution in [0.5, 0.6) is 0 Å². The number of aromatic nitrogens is 6. The van der Waals surface area contributed by atoms with Crippen LogP contribution >= 0.6 is 11.6 Å². The highest BCUT2D eigenvalue weighted by molar-refractivity contribution is 6.30. The van der Waals surface area contributed by atoms with Gasteiger partial charge in [0, 0.05) is 11.6 Å². The summed E-state index contributed by atoms with van der Waals surface area (Å²) in [6.07, 6.45) is 1.43. The van der Waals surface area contributed by atoms with Gasteiger partial charge in [0.25, 0.3) is 0 Å². The monoisotopic (exact) mass is 470 g/mol. The fourth-order valence-corrected chi connectivity index (χ4v) is 3.53. The van der Waals surface area contributed by atoms with Gasteiger partial charge in [0.05, 0.1) is 24.5 Å². The second kappa shape index (κ2) is 9.07. The van der Waals surface area contributed by atoms with Crippen LogP contribution in [0.15, 0.2) is 47.2 Å². The Morgan fingerprint density at radius 3 is 2.70 bits per heavy atom. The summed E-state index contributed by atoms with van der Waals surface area (Å²) in [4.78, 5) is 16.9. The van der Waals surface area contributed by atoms with Gasteiger partial charge in [-0.3, -0.25) is 9.48 Å². The van der Waals surface area contributed by atoms with Crippen LogP contribution in [0.1, 0.15) is 32.0 Å². The zero-order valence-corrected chi connectivity index (χ0v) is 18.9. The Morgan fingerprint density at radius 1 is 1.21 bits per heavy atom. The molecule has 0 unspecified atom stereocenters. The zero-order valence-electron chi connectivity index (χ0n) is 18.1. The van der Waals surface area contributed by atoms with E-state index >= 15 is 0 Å². The van der Waals surface area contributed by atoms with Crippen LogP contribution in [0.4, 0.5) is 4.39 Å². The van der Waals surface area contributed by atoms with E-state index in [1.165, 1.54) is 12.3 Å². The highest BCUT2D eigenvalue weighted by atomic mass is 35.5. The summed E-state index contributed by atoms with van der Waals surface area (Å²) in [6.45, 7) is 5.35. The molecule has 0 bridgehead atoms. The summed E-state index contributed by atoms with van der Waals surface area (Å²) in [5.41, 5.74) is 0.887. The number of hydrogen-bond donors (Lipinski definition) is 0. The first-order valence-corrected chi connectivity index (χ1v) is 10.5. The minimum atomic E-state index is -1.16. The summed E-state index contributed by atoms with van der Waals surface area (Å²) in [5, 5.41) is 16.5. The molecule has 0 aliphatic carbocycles. The van der Waals surface area contributed by atoms with Gasteiger partial charge < -0.3 is 9.26 Å². The maximum absolute atomic E-state index is 14.3. The van der Waals surface area contributed by atoms with Crippen molar-refractivity contribution in [1.29, 1.82) is 0 Å². The molecule has 1 aromatic carbocycles. The Hall–Kier alpha value is -3.66. The van der Waals surface area contributed by atoms with Crippen molar-refractivity contribution in [2.24, 2.45) is 0 Å². The molecule has 4 aromatic rings. The molecule has 0 aliphatic heterocycles. The lowest BCUT2D eigenvalue weighted by atomic mass is 9.90. The highest BCUT2D eigenvalue weighted by Crippen LogP contribution is 2.30. The first-order valence-electron chi connectivity index (χ1n) is 10.1. The molecule has 0 saturated carbocycles. The Kier molecular flexibility index (Phi) is 6.19. The summed E-state index contributed by atoms with van der Waals surface area (Å²) in [7, 11) is 0. The van der Waals surface area contributed by atoms with Gasteiger partial charge >= 0.3 is 5.97 Å². The fraction of sp³-hybridized carbons (Fsp3) is 0.273. The largest absolute Gasteiger partial charge is 0.465 e. The van der Waals surface area contributed by atoms with Crippen molar-refractivity contribution < 1.29 is 18.4 Å². The molecule has 0 amide bonds. The molecule has 0 saturated heterocycles. The van der Waals surface area contributed by atoms with Crippen LogP contribution in [0, 0.1) is 5.82 Å². The van der Waals surface area contributed by atoms with E-state index in [4.69, 9.17) is 20.9 Å². The molecule has 170 valence electrons. The Balaban J connectivity index is 1.79. The van der Waals surface area contributed by atoms with E-state index in [-0.39, 0.29) is 35.6 Å². The second-order valence-corrected chi connectivity index (χ2v) is 8.03. The van der Waals surface area contributed by atoms with Crippen molar-refractivity contribution in [3.05, 3.63) is 64.9 Å². The summed E-state index contributed by atoms with van der Waals surface area (Å²) in [6, 6.07) is 9.76. The zero-order chi connectivity index (χ0) is 23.6. The lowest BCUT2D eigenvalue weighted by Gasteiger charge is -2.22.